The largest absolute Gasteiger partial charge is 0.420 e. The zero-order chi connectivity index (χ0) is 18.0. The Hall–Kier alpha value is -2.80. The number of halogens is 1. The summed E-state index contributed by atoms with van der Waals surface area (Å²) in [7, 11) is 0. The molecule has 6 nitrogen and oxygen atoms in total. The highest BCUT2D eigenvalue weighted by atomic mass is 79.9. The normalized spacial score (nSPS) is 10.6. The summed E-state index contributed by atoms with van der Waals surface area (Å²) in [5, 5.41) is 5.49. The third-order valence-electron chi connectivity index (χ3n) is 3.65. The van der Waals surface area contributed by atoms with Gasteiger partial charge in [-0.1, -0.05) is 22.0 Å². The number of aryl methyl sites for hydroxylation is 1. The molecule has 0 aliphatic carbocycles. The first-order valence-electron chi connectivity index (χ1n) is 7.56. The van der Waals surface area contributed by atoms with Crippen LogP contribution in [-0.2, 0) is 6.54 Å². The van der Waals surface area contributed by atoms with Gasteiger partial charge < -0.3 is 15.1 Å². The Kier molecular flexibility index (Phi) is 4.76. The molecule has 25 heavy (non-hydrogen) atoms. The highest BCUT2D eigenvalue weighted by Gasteiger charge is 2.10. The van der Waals surface area contributed by atoms with Crippen LogP contribution in [0.4, 0.5) is 16.2 Å². The van der Waals surface area contributed by atoms with Gasteiger partial charge in [0.05, 0.1) is 5.52 Å². The predicted octanol–water partition coefficient (Wildman–Crippen LogP) is 4.50. The van der Waals surface area contributed by atoms with Gasteiger partial charge in [0.1, 0.15) is 0 Å². The third-order valence-corrected chi connectivity index (χ3v) is 4.54. The van der Waals surface area contributed by atoms with Crippen molar-refractivity contribution in [2.45, 2.75) is 13.5 Å². The molecular formula is C18H16BrN3O3. The second kappa shape index (κ2) is 6.98. The Morgan fingerprint density at radius 3 is 2.60 bits per heavy atom. The Morgan fingerprint density at radius 1 is 1.24 bits per heavy atom. The van der Waals surface area contributed by atoms with Gasteiger partial charge in [0.15, 0.2) is 5.58 Å². The molecule has 3 rings (SSSR count). The van der Waals surface area contributed by atoms with E-state index in [9.17, 15) is 9.59 Å². The van der Waals surface area contributed by atoms with Crippen LogP contribution in [0, 0.1) is 6.92 Å². The van der Waals surface area contributed by atoms with E-state index in [4.69, 9.17) is 4.42 Å². The second-order valence-electron chi connectivity index (χ2n) is 5.49. The lowest BCUT2D eigenvalue weighted by molar-refractivity contribution is 0.262. The molecule has 2 amide bonds. The van der Waals surface area contributed by atoms with Crippen molar-refractivity contribution >= 4 is 44.4 Å². The lowest BCUT2D eigenvalue weighted by Gasteiger charge is -2.09. The molecule has 0 atom stereocenters. The monoisotopic (exact) mass is 401 g/mol. The lowest BCUT2D eigenvalue weighted by Crippen LogP contribution is -2.19. The second-order valence-corrected chi connectivity index (χ2v) is 6.35. The molecule has 7 heteroatoms. The molecule has 0 saturated heterocycles. The number of rotatable bonds is 4. The molecule has 0 unspecified atom stereocenters. The number of amides is 2. The molecule has 0 aliphatic heterocycles. The highest BCUT2D eigenvalue weighted by Crippen LogP contribution is 2.21. The fourth-order valence-corrected chi connectivity index (χ4v) is 2.71. The van der Waals surface area contributed by atoms with Gasteiger partial charge in [-0.2, -0.15) is 0 Å². The maximum Gasteiger partial charge on any atom is 0.420 e. The Labute approximate surface area is 152 Å². The number of carbonyl (C=O) groups is 1. The van der Waals surface area contributed by atoms with Gasteiger partial charge in [0, 0.05) is 28.5 Å². The number of hydrogen-bond donors (Lipinski definition) is 2. The molecule has 0 spiro atoms. The molecular weight excluding hydrogens is 386 g/mol. The molecule has 0 bridgehead atoms. The topological polar surface area (TPSA) is 76.3 Å². The Bertz CT molecular complexity index is 1020. The van der Waals surface area contributed by atoms with Gasteiger partial charge in [-0.15, -0.1) is 6.58 Å². The standard InChI is InChI=1S/C18H16BrN3O3/c1-3-8-22-15-7-5-13(10-16(15)25-18(22)24)21-17(23)20-12-4-6-14(19)11(2)9-12/h3-7,9-10H,1,8H2,2H3,(H2,20,21,23). The van der Waals surface area contributed by atoms with Crippen LogP contribution in [0.3, 0.4) is 0 Å². The van der Waals surface area contributed by atoms with E-state index in [2.05, 4.69) is 33.1 Å². The molecule has 0 aliphatic rings. The number of aromatic nitrogens is 1. The number of benzene rings is 2. The van der Waals surface area contributed by atoms with Gasteiger partial charge in [-0.3, -0.25) is 4.57 Å². The smallest absolute Gasteiger partial charge is 0.408 e. The van der Waals surface area contributed by atoms with E-state index in [1.54, 1.807) is 30.3 Å². The maximum atomic E-state index is 12.1. The number of anilines is 2. The van der Waals surface area contributed by atoms with Crippen LogP contribution in [0.25, 0.3) is 11.1 Å². The number of allylic oxidation sites excluding steroid dienone is 1. The molecule has 2 N–H and O–H groups in total. The zero-order valence-corrected chi connectivity index (χ0v) is 15.1. The quantitative estimate of drug-likeness (QED) is 0.632. The summed E-state index contributed by atoms with van der Waals surface area (Å²) in [4.78, 5) is 24.0. The van der Waals surface area contributed by atoms with E-state index in [0.717, 1.165) is 10.0 Å². The van der Waals surface area contributed by atoms with Crippen LogP contribution in [0.5, 0.6) is 0 Å². The summed E-state index contributed by atoms with van der Waals surface area (Å²) >= 11 is 3.42. The maximum absolute atomic E-state index is 12.1. The third kappa shape index (κ3) is 3.66. The SMILES string of the molecule is C=CCn1c(=O)oc2cc(NC(=O)Nc3ccc(Br)c(C)c3)ccc21. The average molecular weight is 402 g/mol. The van der Waals surface area contributed by atoms with Crippen LogP contribution in [-0.4, -0.2) is 10.6 Å². The molecule has 128 valence electrons. The van der Waals surface area contributed by atoms with E-state index in [0.29, 0.717) is 29.0 Å². The number of nitrogens with zero attached hydrogens (tertiary/aromatic N) is 1. The minimum absolute atomic E-state index is 0.363. The van der Waals surface area contributed by atoms with Crippen molar-refractivity contribution in [3.8, 4) is 0 Å². The molecule has 0 fully saturated rings. The van der Waals surface area contributed by atoms with Crippen LogP contribution in [0.15, 0.2) is 62.7 Å². The molecule has 1 heterocycles. The Balaban J connectivity index is 1.78. The van der Waals surface area contributed by atoms with Crippen molar-refractivity contribution in [1.29, 1.82) is 0 Å². The van der Waals surface area contributed by atoms with Crippen molar-refractivity contribution in [3.63, 3.8) is 0 Å². The van der Waals surface area contributed by atoms with Gasteiger partial charge in [-0.05, 0) is 42.8 Å². The zero-order valence-electron chi connectivity index (χ0n) is 13.5. The summed E-state index contributed by atoms with van der Waals surface area (Å²) < 4.78 is 7.65. The summed E-state index contributed by atoms with van der Waals surface area (Å²) in [5.41, 5.74) is 3.29. The van der Waals surface area contributed by atoms with Crippen molar-refractivity contribution in [3.05, 3.63) is 69.6 Å². The summed E-state index contributed by atoms with van der Waals surface area (Å²) in [6.07, 6.45) is 1.62. The first-order chi connectivity index (χ1) is 12.0. The van der Waals surface area contributed by atoms with E-state index >= 15 is 0 Å². The van der Waals surface area contributed by atoms with Crippen molar-refractivity contribution in [2.75, 3.05) is 10.6 Å². The van der Waals surface area contributed by atoms with E-state index < -0.39 is 5.76 Å². The number of oxazole rings is 1. The first-order valence-corrected chi connectivity index (χ1v) is 8.35. The summed E-state index contributed by atoms with van der Waals surface area (Å²) in [6.45, 7) is 5.93. The van der Waals surface area contributed by atoms with Gasteiger partial charge in [-0.25, -0.2) is 9.59 Å². The number of nitrogens with one attached hydrogen (secondary N) is 2. The van der Waals surface area contributed by atoms with Crippen LogP contribution >= 0.6 is 15.9 Å². The van der Waals surface area contributed by atoms with Crippen LogP contribution < -0.4 is 16.4 Å². The summed E-state index contributed by atoms with van der Waals surface area (Å²) in [5.74, 6) is -0.457. The Morgan fingerprint density at radius 2 is 1.92 bits per heavy atom. The van der Waals surface area contributed by atoms with Gasteiger partial charge in [0.25, 0.3) is 0 Å². The predicted molar refractivity (Wildman–Crippen MR) is 102 cm³/mol. The van der Waals surface area contributed by atoms with Crippen molar-refractivity contribution in [1.82, 2.24) is 4.57 Å². The van der Waals surface area contributed by atoms with Crippen LogP contribution in [0.2, 0.25) is 0 Å². The molecule has 2 aromatic carbocycles. The van der Waals surface area contributed by atoms with E-state index in [-0.39, 0.29) is 6.03 Å². The molecule has 0 saturated carbocycles. The molecule has 0 radical (unpaired) electrons. The van der Waals surface area contributed by atoms with Gasteiger partial charge >= 0.3 is 11.8 Å². The van der Waals surface area contributed by atoms with E-state index in [1.807, 2.05) is 19.1 Å². The van der Waals surface area contributed by atoms with Crippen molar-refractivity contribution < 1.29 is 9.21 Å². The fourth-order valence-electron chi connectivity index (χ4n) is 2.46. The van der Waals surface area contributed by atoms with Crippen molar-refractivity contribution in [2.24, 2.45) is 0 Å². The van der Waals surface area contributed by atoms with Crippen LogP contribution in [0.1, 0.15) is 5.56 Å². The fraction of sp³-hybridized carbons (Fsp3) is 0.111. The number of urea groups is 1. The highest BCUT2D eigenvalue weighted by molar-refractivity contribution is 9.10. The molecule has 1 aromatic heterocycles. The minimum atomic E-state index is -0.457. The number of carbonyl (C=O) groups excluding carboxylic acids is 1. The first kappa shape index (κ1) is 17.0. The lowest BCUT2D eigenvalue weighted by atomic mass is 10.2. The number of fused-ring (bicyclic) bond motifs is 1. The van der Waals surface area contributed by atoms with Gasteiger partial charge in [0.2, 0.25) is 0 Å². The summed E-state index contributed by atoms with van der Waals surface area (Å²) in [6, 6.07) is 10.2. The average Bonchev–Trinajstić information content (AvgIpc) is 2.86. The minimum Gasteiger partial charge on any atom is -0.408 e. The van der Waals surface area contributed by atoms with E-state index in [1.165, 1.54) is 4.57 Å². The number of hydrogen-bond acceptors (Lipinski definition) is 3. The molecule has 3 aromatic rings.